The summed E-state index contributed by atoms with van der Waals surface area (Å²) < 4.78 is 19.4. The summed E-state index contributed by atoms with van der Waals surface area (Å²) in [5.74, 6) is 0.554. The lowest BCUT2D eigenvalue weighted by molar-refractivity contribution is -0.117. The van der Waals surface area contributed by atoms with E-state index in [1.54, 1.807) is 18.2 Å². The number of anilines is 1. The molecule has 1 aromatic heterocycles. The van der Waals surface area contributed by atoms with Crippen molar-refractivity contribution in [2.45, 2.75) is 32.1 Å². The fraction of sp³-hybridized carbons (Fsp3) is 0.286. The van der Waals surface area contributed by atoms with Crippen molar-refractivity contribution in [1.82, 2.24) is 10.1 Å². The molecule has 5 nitrogen and oxygen atoms in total. The van der Waals surface area contributed by atoms with Crippen LogP contribution in [0.4, 0.5) is 10.1 Å². The predicted molar refractivity (Wildman–Crippen MR) is 99.9 cm³/mol. The highest BCUT2D eigenvalue weighted by molar-refractivity contribution is 5.96. The lowest BCUT2D eigenvalue weighted by Crippen LogP contribution is -2.25. The normalized spacial score (nSPS) is 17.1. The number of hydrogen-bond donors (Lipinski definition) is 0. The van der Waals surface area contributed by atoms with Gasteiger partial charge in [-0.15, -0.1) is 0 Å². The zero-order valence-corrected chi connectivity index (χ0v) is 15.2. The molecule has 0 saturated carbocycles. The fourth-order valence-electron chi connectivity index (χ4n) is 3.31. The molecule has 0 aliphatic carbocycles. The molecule has 1 saturated heterocycles. The van der Waals surface area contributed by atoms with E-state index in [9.17, 15) is 9.18 Å². The first kappa shape index (κ1) is 17.4. The third kappa shape index (κ3) is 3.35. The summed E-state index contributed by atoms with van der Waals surface area (Å²) in [5, 5.41) is 4.06. The van der Waals surface area contributed by atoms with Crippen molar-refractivity contribution in [2.75, 3.05) is 11.4 Å². The van der Waals surface area contributed by atoms with Crippen molar-refractivity contribution < 1.29 is 13.7 Å². The van der Waals surface area contributed by atoms with E-state index >= 15 is 0 Å². The summed E-state index contributed by atoms with van der Waals surface area (Å²) in [7, 11) is 0. The summed E-state index contributed by atoms with van der Waals surface area (Å²) in [6, 6.07) is 14.3. The zero-order chi connectivity index (χ0) is 19.0. The Balaban J connectivity index is 1.54. The van der Waals surface area contributed by atoms with Gasteiger partial charge in [-0.05, 0) is 23.6 Å². The van der Waals surface area contributed by atoms with Gasteiger partial charge in [0.25, 0.3) is 0 Å². The van der Waals surface area contributed by atoms with Crippen molar-refractivity contribution in [2.24, 2.45) is 0 Å². The predicted octanol–water partition coefficient (Wildman–Crippen LogP) is 4.52. The van der Waals surface area contributed by atoms with Crippen molar-refractivity contribution in [3.8, 4) is 11.4 Å². The van der Waals surface area contributed by atoms with Crippen LogP contribution in [0.1, 0.15) is 43.6 Å². The summed E-state index contributed by atoms with van der Waals surface area (Å²) in [6.45, 7) is 4.60. The molecule has 6 heteroatoms. The highest BCUT2D eigenvalue weighted by atomic mass is 19.1. The van der Waals surface area contributed by atoms with Crippen LogP contribution < -0.4 is 4.90 Å². The summed E-state index contributed by atoms with van der Waals surface area (Å²) >= 11 is 0. The van der Waals surface area contributed by atoms with Crippen molar-refractivity contribution in [3.05, 3.63) is 65.8 Å². The van der Waals surface area contributed by atoms with E-state index in [2.05, 4.69) is 36.1 Å². The van der Waals surface area contributed by atoms with Gasteiger partial charge in [0.1, 0.15) is 5.82 Å². The number of hydrogen-bond acceptors (Lipinski definition) is 4. The van der Waals surface area contributed by atoms with Gasteiger partial charge in [-0.3, -0.25) is 4.79 Å². The second kappa shape index (κ2) is 6.95. The van der Waals surface area contributed by atoms with Crippen molar-refractivity contribution in [3.63, 3.8) is 0 Å². The second-order valence-corrected chi connectivity index (χ2v) is 7.09. The topological polar surface area (TPSA) is 59.2 Å². The summed E-state index contributed by atoms with van der Waals surface area (Å²) in [6.07, 6.45) is 0.224. The molecule has 1 fully saturated rings. The van der Waals surface area contributed by atoms with Gasteiger partial charge >= 0.3 is 0 Å². The van der Waals surface area contributed by atoms with Crippen LogP contribution >= 0.6 is 0 Å². The number of carbonyl (C=O) groups is 1. The van der Waals surface area contributed by atoms with Gasteiger partial charge in [-0.2, -0.15) is 4.98 Å². The van der Waals surface area contributed by atoms with Gasteiger partial charge in [0, 0.05) is 18.5 Å². The number of nitrogens with zero attached hydrogens (tertiary/aromatic N) is 3. The summed E-state index contributed by atoms with van der Waals surface area (Å²) in [5.41, 5.74) is 2.39. The van der Waals surface area contributed by atoms with E-state index in [0.717, 1.165) is 5.56 Å². The first-order valence-electron chi connectivity index (χ1n) is 9.01. The Labute approximate surface area is 156 Å². The van der Waals surface area contributed by atoms with Crippen LogP contribution in [0.3, 0.4) is 0 Å². The molecule has 2 heterocycles. The smallest absolute Gasteiger partial charge is 0.232 e. The van der Waals surface area contributed by atoms with Crippen molar-refractivity contribution in [1.29, 1.82) is 0 Å². The maximum Gasteiger partial charge on any atom is 0.232 e. The standard InChI is InChI=1S/C21H20FN3O2/c1-13(2)14-7-9-15(10-8-14)20-23-21(27-24-20)16-11-19(26)25(12-16)18-6-4-3-5-17(18)22/h3-10,13,16H,11-12H2,1-2H3. The van der Waals surface area contributed by atoms with Crippen LogP contribution in [-0.4, -0.2) is 22.6 Å². The Kier molecular flexibility index (Phi) is 4.48. The molecule has 1 amide bonds. The van der Waals surface area contributed by atoms with Crippen LogP contribution in [0.2, 0.25) is 0 Å². The number of aromatic nitrogens is 2. The quantitative estimate of drug-likeness (QED) is 0.682. The summed E-state index contributed by atoms with van der Waals surface area (Å²) in [4.78, 5) is 18.3. The van der Waals surface area contributed by atoms with E-state index in [-0.39, 0.29) is 23.9 Å². The van der Waals surface area contributed by atoms with Crippen LogP contribution in [0, 0.1) is 5.82 Å². The fourth-order valence-corrected chi connectivity index (χ4v) is 3.31. The average Bonchev–Trinajstić information content (AvgIpc) is 3.29. The molecule has 3 aromatic rings. The SMILES string of the molecule is CC(C)c1ccc(-c2noc(C3CC(=O)N(c4ccccc4F)C3)n2)cc1. The number of para-hydroxylation sites is 1. The van der Waals surface area contributed by atoms with Gasteiger partial charge in [0.05, 0.1) is 11.6 Å². The number of rotatable bonds is 4. The Morgan fingerprint density at radius 2 is 1.89 bits per heavy atom. The molecule has 0 bridgehead atoms. The third-order valence-electron chi connectivity index (χ3n) is 4.89. The van der Waals surface area contributed by atoms with Crippen LogP contribution in [0.5, 0.6) is 0 Å². The Hall–Kier alpha value is -3.02. The van der Waals surface area contributed by atoms with E-state index < -0.39 is 5.82 Å². The minimum Gasteiger partial charge on any atom is -0.339 e. The molecular weight excluding hydrogens is 345 g/mol. The minimum atomic E-state index is -0.414. The third-order valence-corrected chi connectivity index (χ3v) is 4.89. The first-order valence-corrected chi connectivity index (χ1v) is 9.01. The van der Waals surface area contributed by atoms with Crippen LogP contribution in [0.15, 0.2) is 53.1 Å². The van der Waals surface area contributed by atoms with E-state index in [1.165, 1.54) is 16.5 Å². The molecule has 2 aromatic carbocycles. The number of benzene rings is 2. The van der Waals surface area contributed by atoms with Crippen LogP contribution in [0.25, 0.3) is 11.4 Å². The Morgan fingerprint density at radius 3 is 2.59 bits per heavy atom. The number of halogens is 1. The average molecular weight is 365 g/mol. The molecule has 0 N–H and O–H groups in total. The second-order valence-electron chi connectivity index (χ2n) is 7.09. The largest absolute Gasteiger partial charge is 0.339 e. The number of amides is 1. The van der Waals surface area contributed by atoms with Gasteiger partial charge in [-0.1, -0.05) is 55.4 Å². The van der Waals surface area contributed by atoms with Crippen LogP contribution in [-0.2, 0) is 4.79 Å². The Bertz CT molecular complexity index is 966. The molecular formula is C21H20FN3O2. The van der Waals surface area contributed by atoms with Gasteiger partial charge in [0.15, 0.2) is 0 Å². The zero-order valence-electron chi connectivity index (χ0n) is 15.2. The molecule has 1 aliphatic rings. The number of carbonyl (C=O) groups excluding carboxylic acids is 1. The monoisotopic (exact) mass is 365 g/mol. The highest BCUT2D eigenvalue weighted by Gasteiger charge is 2.36. The molecule has 1 unspecified atom stereocenters. The Morgan fingerprint density at radius 1 is 1.15 bits per heavy atom. The van der Waals surface area contributed by atoms with E-state index in [0.29, 0.717) is 24.2 Å². The van der Waals surface area contributed by atoms with Gasteiger partial charge in [-0.25, -0.2) is 4.39 Å². The van der Waals surface area contributed by atoms with E-state index in [1.807, 2.05) is 12.1 Å². The maximum atomic E-state index is 14.0. The molecule has 4 rings (SSSR count). The van der Waals surface area contributed by atoms with Gasteiger partial charge in [0.2, 0.25) is 17.6 Å². The molecule has 138 valence electrons. The molecule has 1 aliphatic heterocycles. The lowest BCUT2D eigenvalue weighted by atomic mass is 10.0. The molecule has 1 atom stereocenters. The molecule has 27 heavy (non-hydrogen) atoms. The maximum absolute atomic E-state index is 14.0. The van der Waals surface area contributed by atoms with E-state index in [4.69, 9.17) is 4.52 Å². The molecule has 0 radical (unpaired) electrons. The highest BCUT2D eigenvalue weighted by Crippen LogP contribution is 2.33. The van der Waals surface area contributed by atoms with Crippen molar-refractivity contribution >= 4 is 11.6 Å². The molecule has 0 spiro atoms. The first-order chi connectivity index (χ1) is 13.0. The minimum absolute atomic E-state index is 0.147. The van der Waals surface area contributed by atoms with Gasteiger partial charge < -0.3 is 9.42 Å². The lowest BCUT2D eigenvalue weighted by Gasteiger charge is -2.16.